The summed E-state index contributed by atoms with van der Waals surface area (Å²) in [7, 11) is 0. The molecule has 0 unspecified atom stereocenters. The zero-order valence-corrected chi connectivity index (χ0v) is 47.3. The van der Waals surface area contributed by atoms with E-state index in [0.717, 1.165) is 0 Å². The monoisotopic (exact) mass is 955 g/mol. The topological polar surface area (TPSA) is 6.48 Å². The Morgan fingerprint density at radius 3 is 1.41 bits per heavy atom. The molecule has 1 aromatic heterocycles. The Morgan fingerprint density at radius 2 is 0.901 bits per heavy atom. The van der Waals surface area contributed by atoms with Gasteiger partial charge in [-0.3, -0.25) is 0 Å². The van der Waals surface area contributed by atoms with Crippen molar-refractivity contribution in [2.45, 2.75) is 188 Å². The van der Waals surface area contributed by atoms with Gasteiger partial charge in [-0.25, -0.2) is 0 Å². The van der Waals surface area contributed by atoms with Crippen LogP contribution in [0.3, 0.4) is 0 Å². The predicted octanol–water partition coefficient (Wildman–Crippen LogP) is 17.5. The quantitative estimate of drug-likeness (QED) is 0.163. The molecular weight excluding hydrogens is 876 g/mol. The number of anilines is 6. The van der Waals surface area contributed by atoms with Gasteiger partial charge in [-0.2, -0.15) is 0 Å². The highest BCUT2D eigenvalue weighted by Crippen LogP contribution is 2.55. The second-order valence-corrected chi connectivity index (χ2v) is 29.2. The summed E-state index contributed by atoms with van der Waals surface area (Å²) >= 11 is 2.07. The third-order valence-corrected chi connectivity index (χ3v) is 19.1. The largest absolute Gasteiger partial charge is 0.311 e. The highest BCUT2D eigenvalue weighted by atomic mass is 32.1. The lowest BCUT2D eigenvalue weighted by atomic mass is 9.35. The van der Waals surface area contributed by atoms with Crippen LogP contribution >= 0.6 is 11.3 Å². The third-order valence-electron chi connectivity index (χ3n) is 17.9. The van der Waals surface area contributed by atoms with Gasteiger partial charge in [-0.15, -0.1) is 11.3 Å². The van der Waals surface area contributed by atoms with Gasteiger partial charge >= 0.3 is 0 Å². The molecular formula is C67H79BN2S. The summed E-state index contributed by atoms with van der Waals surface area (Å²) in [5.74, 6) is 0. The Kier molecular flexibility index (Phi) is 10.5. The van der Waals surface area contributed by atoms with Crippen molar-refractivity contribution in [1.29, 1.82) is 0 Å². The van der Waals surface area contributed by atoms with Crippen LogP contribution in [0.1, 0.15) is 188 Å². The Labute approximate surface area is 432 Å². The highest BCUT2D eigenvalue weighted by molar-refractivity contribution is 7.33. The molecule has 7 aromatic rings. The normalized spacial score (nSPS) is 18.4. The molecule has 0 saturated carbocycles. The third kappa shape index (κ3) is 7.69. The Bertz CT molecular complexity index is 3280. The van der Waals surface area contributed by atoms with Crippen LogP contribution in [-0.2, 0) is 37.9 Å². The van der Waals surface area contributed by atoms with E-state index in [1.54, 1.807) is 0 Å². The number of fused-ring (bicyclic) bond motifs is 8. The van der Waals surface area contributed by atoms with Gasteiger partial charge in [0.1, 0.15) is 0 Å². The minimum atomic E-state index is -0.0308. The lowest BCUT2D eigenvalue weighted by Gasteiger charge is -2.47. The Hall–Kier alpha value is -5.06. The Balaban J connectivity index is 1.24. The van der Waals surface area contributed by atoms with E-state index < -0.39 is 0 Å². The molecule has 2 aliphatic heterocycles. The number of nitrogens with zero attached hydrogens (tertiary/aromatic N) is 2. The Morgan fingerprint density at radius 1 is 0.451 bits per heavy atom. The van der Waals surface area contributed by atoms with Crippen LogP contribution in [0.25, 0.3) is 21.2 Å². The first-order chi connectivity index (χ1) is 32.9. The van der Waals surface area contributed by atoms with Crippen LogP contribution in [0.5, 0.6) is 0 Å². The fourth-order valence-electron chi connectivity index (χ4n) is 12.9. The van der Waals surface area contributed by atoms with Gasteiger partial charge in [0.2, 0.25) is 0 Å². The van der Waals surface area contributed by atoms with E-state index in [-0.39, 0.29) is 44.6 Å². The maximum atomic E-state index is 2.72. The molecule has 366 valence electrons. The van der Waals surface area contributed by atoms with Crippen molar-refractivity contribution in [2.24, 2.45) is 0 Å². The molecule has 6 aromatic carbocycles. The van der Waals surface area contributed by atoms with Crippen LogP contribution in [0.15, 0.2) is 103 Å². The SMILES string of the molecule is Cc1cc2c3c(c1)N(c1ccc(-c4ccc(C(C)(C)C)cc4)cc1)c1c(sc4cc5c(cc14)C(C)(C)CCC5(C)C)B3c1cc3c(cc1N2c1cc(C(C)(C)C)cc(C(C)(C)C)c1)C(C)(C)CCC3(C)C. The van der Waals surface area contributed by atoms with Crippen molar-refractivity contribution in [2.75, 3.05) is 9.80 Å². The molecule has 0 atom stereocenters. The zero-order chi connectivity index (χ0) is 50.9. The molecule has 3 heterocycles. The summed E-state index contributed by atoms with van der Waals surface area (Å²) in [4.78, 5) is 5.40. The van der Waals surface area contributed by atoms with E-state index in [0.29, 0.717) is 0 Å². The number of benzene rings is 6. The molecule has 0 bridgehead atoms. The number of rotatable bonds is 3. The molecule has 71 heavy (non-hydrogen) atoms. The second-order valence-electron chi connectivity index (χ2n) is 28.2. The summed E-state index contributed by atoms with van der Waals surface area (Å²) in [6.07, 6.45) is 4.75. The van der Waals surface area contributed by atoms with Gasteiger partial charge in [0.25, 0.3) is 6.71 Å². The summed E-state index contributed by atoms with van der Waals surface area (Å²) in [5.41, 5.74) is 25.0. The summed E-state index contributed by atoms with van der Waals surface area (Å²) in [5, 5.41) is 1.39. The average Bonchev–Trinajstić information content (AvgIpc) is 3.66. The fourth-order valence-corrected chi connectivity index (χ4v) is 14.2. The van der Waals surface area contributed by atoms with E-state index in [2.05, 4.69) is 249 Å². The van der Waals surface area contributed by atoms with Crippen molar-refractivity contribution in [3.8, 4) is 11.1 Å². The number of hydrogen-bond donors (Lipinski definition) is 0. The van der Waals surface area contributed by atoms with E-state index >= 15 is 0 Å². The van der Waals surface area contributed by atoms with Gasteiger partial charge in [0.15, 0.2) is 0 Å². The number of aryl methyl sites for hydroxylation is 1. The first kappa shape index (κ1) is 48.2. The zero-order valence-electron chi connectivity index (χ0n) is 46.5. The smallest absolute Gasteiger partial charge is 0.264 e. The number of thiophene rings is 1. The minimum Gasteiger partial charge on any atom is -0.311 e. The maximum absolute atomic E-state index is 2.72. The van der Waals surface area contributed by atoms with Crippen LogP contribution in [-0.4, -0.2) is 6.71 Å². The van der Waals surface area contributed by atoms with Crippen molar-refractivity contribution in [1.82, 2.24) is 0 Å². The molecule has 0 N–H and O–H groups in total. The van der Waals surface area contributed by atoms with Crippen molar-refractivity contribution >= 4 is 78.0 Å². The van der Waals surface area contributed by atoms with Crippen molar-refractivity contribution in [3.05, 3.63) is 148 Å². The van der Waals surface area contributed by atoms with Gasteiger partial charge in [0, 0.05) is 43.3 Å². The van der Waals surface area contributed by atoms with E-state index in [9.17, 15) is 0 Å². The van der Waals surface area contributed by atoms with Crippen LogP contribution in [0, 0.1) is 6.92 Å². The van der Waals surface area contributed by atoms with Gasteiger partial charge < -0.3 is 9.80 Å². The number of hydrogen-bond acceptors (Lipinski definition) is 3. The molecule has 4 aliphatic rings. The molecule has 0 fully saturated rings. The minimum absolute atomic E-state index is 0.0308. The van der Waals surface area contributed by atoms with Crippen molar-refractivity contribution in [3.63, 3.8) is 0 Å². The molecule has 0 radical (unpaired) electrons. The second kappa shape index (κ2) is 15.5. The first-order valence-electron chi connectivity index (χ1n) is 26.9. The lowest BCUT2D eigenvalue weighted by Crippen LogP contribution is -2.61. The summed E-state index contributed by atoms with van der Waals surface area (Å²) < 4.78 is 2.87. The van der Waals surface area contributed by atoms with Crippen LogP contribution < -0.4 is 25.5 Å². The fraction of sp³-hybridized carbons (Fsp3) is 0.433. The van der Waals surface area contributed by atoms with E-state index in [1.165, 1.54) is 141 Å². The molecule has 0 saturated heterocycles. The van der Waals surface area contributed by atoms with Crippen LogP contribution in [0.4, 0.5) is 34.1 Å². The van der Waals surface area contributed by atoms with Crippen LogP contribution in [0.2, 0.25) is 0 Å². The van der Waals surface area contributed by atoms with Gasteiger partial charge in [-0.05, 0) is 192 Å². The first-order valence-corrected chi connectivity index (χ1v) is 27.7. The molecule has 4 heteroatoms. The predicted molar refractivity (Wildman–Crippen MR) is 313 cm³/mol. The van der Waals surface area contributed by atoms with Crippen molar-refractivity contribution < 1.29 is 0 Å². The maximum Gasteiger partial charge on any atom is 0.264 e. The standard InChI is InChI=1S/C67H79BN2S/c1-40-31-55-58-56(32-40)70(46-25-21-42(22-26-46)41-19-23-43(24-20-41)61(2,3)4)59-48-36-49-52(67(17,18)30-27-64(49,11)12)39-57(48)71-60(59)68(58)53-37-50-51(66(15,16)29-28-65(50,13)14)38-54(53)69(55)47-34-44(62(5,6)7)33-45(35-47)63(8,9)10/h19-26,31-39H,27-30H2,1-18H3. The molecule has 0 spiro atoms. The molecule has 2 aliphatic carbocycles. The summed E-state index contributed by atoms with van der Waals surface area (Å²) in [6.45, 7) is 43.5. The summed E-state index contributed by atoms with van der Waals surface area (Å²) in [6, 6.07) is 42.0. The van der Waals surface area contributed by atoms with E-state index in [1.807, 2.05) is 0 Å². The lowest BCUT2D eigenvalue weighted by molar-refractivity contribution is 0.332. The highest BCUT2D eigenvalue weighted by Gasteiger charge is 2.49. The molecule has 2 nitrogen and oxygen atoms in total. The average molecular weight is 955 g/mol. The molecule has 11 rings (SSSR count). The van der Waals surface area contributed by atoms with Gasteiger partial charge in [-0.1, -0.05) is 166 Å². The van der Waals surface area contributed by atoms with Gasteiger partial charge in [0.05, 0.1) is 5.69 Å². The molecule has 0 amide bonds. The van der Waals surface area contributed by atoms with E-state index in [4.69, 9.17) is 0 Å².